The molecule has 5 nitrogen and oxygen atoms in total. The minimum Gasteiger partial charge on any atom is -0.324 e. The highest BCUT2D eigenvalue weighted by Gasteiger charge is 2.41. The number of alkyl halides is 3. The van der Waals surface area contributed by atoms with E-state index < -0.39 is 47.3 Å². The SMILES string of the molecule is CC1(C)N=C(c2ccc(F)cc2)C(=O)N1CC(=O)Nc1ccccc1C(F)(F)F. The minimum absolute atomic E-state index is 0.0542. The molecule has 0 atom stereocenters. The van der Waals surface area contributed by atoms with Crippen LogP contribution in [-0.4, -0.2) is 34.6 Å². The van der Waals surface area contributed by atoms with E-state index in [-0.39, 0.29) is 5.71 Å². The van der Waals surface area contributed by atoms with Crippen molar-refractivity contribution < 1.29 is 27.2 Å². The van der Waals surface area contributed by atoms with Crippen molar-refractivity contribution in [2.75, 3.05) is 11.9 Å². The van der Waals surface area contributed by atoms with Gasteiger partial charge in [0.25, 0.3) is 5.91 Å². The predicted molar refractivity (Wildman–Crippen MR) is 98.8 cm³/mol. The topological polar surface area (TPSA) is 61.8 Å². The van der Waals surface area contributed by atoms with Crippen LogP contribution >= 0.6 is 0 Å². The number of halogens is 4. The van der Waals surface area contributed by atoms with Gasteiger partial charge in [0.2, 0.25) is 5.91 Å². The van der Waals surface area contributed by atoms with Crippen molar-refractivity contribution in [1.82, 2.24) is 4.90 Å². The zero-order valence-electron chi connectivity index (χ0n) is 15.5. The Kier molecular flexibility index (Phi) is 5.16. The minimum atomic E-state index is -4.63. The lowest BCUT2D eigenvalue weighted by atomic mass is 10.1. The molecule has 1 heterocycles. The van der Waals surface area contributed by atoms with Crippen LogP contribution in [0.1, 0.15) is 25.0 Å². The largest absolute Gasteiger partial charge is 0.418 e. The Labute approximate surface area is 164 Å². The molecule has 0 fully saturated rings. The number of nitrogens with zero attached hydrogens (tertiary/aromatic N) is 2. The monoisotopic (exact) mass is 407 g/mol. The molecule has 3 rings (SSSR count). The number of nitrogens with one attached hydrogen (secondary N) is 1. The smallest absolute Gasteiger partial charge is 0.324 e. The van der Waals surface area contributed by atoms with Crippen LogP contribution in [0.5, 0.6) is 0 Å². The fourth-order valence-corrected chi connectivity index (χ4v) is 2.99. The Hall–Kier alpha value is -3.23. The molecule has 2 amide bonds. The van der Waals surface area contributed by atoms with Crippen molar-refractivity contribution in [2.45, 2.75) is 25.7 Å². The molecule has 0 saturated heterocycles. The summed E-state index contributed by atoms with van der Waals surface area (Å²) in [6.07, 6.45) is -4.63. The Balaban J connectivity index is 1.78. The summed E-state index contributed by atoms with van der Waals surface area (Å²) in [7, 11) is 0. The fraction of sp³-hybridized carbons (Fsp3) is 0.250. The van der Waals surface area contributed by atoms with Crippen LogP contribution in [-0.2, 0) is 15.8 Å². The fourth-order valence-electron chi connectivity index (χ4n) is 2.99. The number of carbonyl (C=O) groups is 2. The average molecular weight is 407 g/mol. The second-order valence-electron chi connectivity index (χ2n) is 6.94. The number of aliphatic imine (C=N–C) groups is 1. The molecule has 1 N–H and O–H groups in total. The quantitative estimate of drug-likeness (QED) is 0.783. The van der Waals surface area contributed by atoms with Crippen LogP contribution in [0.25, 0.3) is 0 Å². The Morgan fingerprint density at radius 1 is 1.10 bits per heavy atom. The van der Waals surface area contributed by atoms with Gasteiger partial charge in [-0.3, -0.25) is 14.6 Å². The third kappa shape index (κ3) is 4.28. The number of hydrogen-bond acceptors (Lipinski definition) is 3. The summed E-state index contributed by atoms with van der Waals surface area (Å²) in [4.78, 5) is 30.6. The molecule has 152 valence electrons. The van der Waals surface area contributed by atoms with E-state index in [1.165, 1.54) is 36.4 Å². The second-order valence-corrected chi connectivity index (χ2v) is 6.94. The van der Waals surface area contributed by atoms with Gasteiger partial charge in [-0.15, -0.1) is 0 Å². The number of benzene rings is 2. The van der Waals surface area contributed by atoms with Crippen molar-refractivity contribution in [3.8, 4) is 0 Å². The van der Waals surface area contributed by atoms with Gasteiger partial charge in [0, 0.05) is 5.56 Å². The third-order valence-corrected chi connectivity index (χ3v) is 4.42. The highest BCUT2D eigenvalue weighted by atomic mass is 19.4. The number of amides is 2. The summed E-state index contributed by atoms with van der Waals surface area (Å²) in [6, 6.07) is 9.73. The molecule has 0 radical (unpaired) electrons. The predicted octanol–water partition coefficient (Wildman–Crippen LogP) is 3.85. The van der Waals surface area contributed by atoms with Crippen LogP contribution in [0.15, 0.2) is 53.5 Å². The van der Waals surface area contributed by atoms with Crippen molar-refractivity contribution in [3.05, 3.63) is 65.5 Å². The molecule has 0 saturated carbocycles. The Morgan fingerprint density at radius 2 is 1.72 bits per heavy atom. The van der Waals surface area contributed by atoms with E-state index in [1.54, 1.807) is 13.8 Å². The lowest BCUT2D eigenvalue weighted by molar-refractivity contribution is -0.137. The van der Waals surface area contributed by atoms with Gasteiger partial charge in [-0.2, -0.15) is 13.2 Å². The highest BCUT2D eigenvalue weighted by molar-refractivity contribution is 6.47. The molecule has 2 aromatic rings. The lowest BCUT2D eigenvalue weighted by Crippen LogP contribution is -2.47. The number of rotatable bonds is 4. The Morgan fingerprint density at radius 3 is 2.34 bits per heavy atom. The van der Waals surface area contributed by atoms with E-state index in [0.29, 0.717) is 5.56 Å². The maximum absolute atomic E-state index is 13.1. The summed E-state index contributed by atoms with van der Waals surface area (Å²) in [6.45, 7) is 2.70. The van der Waals surface area contributed by atoms with Gasteiger partial charge < -0.3 is 10.2 Å². The molecular formula is C20H17F4N3O2. The van der Waals surface area contributed by atoms with E-state index in [4.69, 9.17) is 0 Å². The molecule has 2 aromatic carbocycles. The molecule has 0 spiro atoms. The lowest BCUT2D eigenvalue weighted by Gasteiger charge is -2.29. The molecule has 1 aliphatic rings. The van der Waals surface area contributed by atoms with Crippen molar-refractivity contribution in [2.24, 2.45) is 4.99 Å². The first-order valence-corrected chi connectivity index (χ1v) is 8.63. The normalized spacial score (nSPS) is 16.0. The molecule has 29 heavy (non-hydrogen) atoms. The summed E-state index contributed by atoms with van der Waals surface area (Å²) in [5.41, 5.74) is -2.03. The first-order valence-electron chi connectivity index (χ1n) is 8.63. The van der Waals surface area contributed by atoms with Crippen LogP contribution in [0, 0.1) is 5.82 Å². The van der Waals surface area contributed by atoms with Crippen LogP contribution in [0.3, 0.4) is 0 Å². The summed E-state index contributed by atoms with van der Waals surface area (Å²) >= 11 is 0. The maximum atomic E-state index is 13.1. The molecule has 1 aliphatic heterocycles. The van der Waals surface area contributed by atoms with E-state index in [2.05, 4.69) is 10.3 Å². The van der Waals surface area contributed by atoms with Gasteiger partial charge in [-0.05, 0) is 50.2 Å². The van der Waals surface area contributed by atoms with E-state index in [0.717, 1.165) is 17.0 Å². The molecule has 0 unspecified atom stereocenters. The van der Waals surface area contributed by atoms with Crippen molar-refractivity contribution in [1.29, 1.82) is 0 Å². The summed E-state index contributed by atoms with van der Waals surface area (Å²) in [5.74, 6) is -1.84. The van der Waals surface area contributed by atoms with E-state index >= 15 is 0 Å². The third-order valence-electron chi connectivity index (χ3n) is 4.42. The van der Waals surface area contributed by atoms with Crippen molar-refractivity contribution >= 4 is 23.2 Å². The Bertz CT molecular complexity index is 982. The first-order chi connectivity index (χ1) is 13.5. The number of hydrogen-bond donors (Lipinski definition) is 1. The average Bonchev–Trinajstić information content (AvgIpc) is 2.85. The molecule has 0 bridgehead atoms. The number of carbonyl (C=O) groups excluding carboxylic acids is 2. The van der Waals surface area contributed by atoms with Gasteiger partial charge >= 0.3 is 6.18 Å². The van der Waals surface area contributed by atoms with Crippen LogP contribution in [0.4, 0.5) is 23.2 Å². The summed E-state index contributed by atoms with van der Waals surface area (Å²) in [5, 5.41) is 2.21. The van der Waals surface area contributed by atoms with E-state index in [9.17, 15) is 27.2 Å². The van der Waals surface area contributed by atoms with Crippen molar-refractivity contribution in [3.63, 3.8) is 0 Å². The zero-order chi connectivity index (χ0) is 21.4. The second kappa shape index (κ2) is 7.31. The highest BCUT2D eigenvalue weighted by Crippen LogP contribution is 2.34. The molecule has 9 heteroatoms. The van der Waals surface area contributed by atoms with Gasteiger partial charge in [-0.1, -0.05) is 12.1 Å². The van der Waals surface area contributed by atoms with Gasteiger partial charge in [0.05, 0.1) is 11.3 Å². The number of para-hydroxylation sites is 1. The van der Waals surface area contributed by atoms with Gasteiger partial charge in [-0.25, -0.2) is 4.39 Å². The van der Waals surface area contributed by atoms with E-state index in [1.807, 2.05) is 0 Å². The molecular weight excluding hydrogens is 390 g/mol. The maximum Gasteiger partial charge on any atom is 0.418 e. The number of anilines is 1. The first kappa shape index (κ1) is 20.5. The van der Waals surface area contributed by atoms with Gasteiger partial charge in [0.1, 0.15) is 23.7 Å². The zero-order valence-corrected chi connectivity index (χ0v) is 15.5. The molecule has 0 aliphatic carbocycles. The van der Waals surface area contributed by atoms with Gasteiger partial charge in [0.15, 0.2) is 0 Å². The van der Waals surface area contributed by atoms with Crippen LogP contribution in [0.2, 0.25) is 0 Å². The van der Waals surface area contributed by atoms with Crippen LogP contribution < -0.4 is 5.32 Å². The standard InChI is InChI=1S/C20H17F4N3O2/c1-19(2)26-17(12-7-9-13(21)10-8-12)18(29)27(19)11-16(28)25-15-6-4-3-5-14(15)20(22,23)24/h3-10H,11H2,1-2H3,(H,25,28). The summed E-state index contributed by atoms with van der Waals surface area (Å²) < 4.78 is 52.4. The molecule has 0 aromatic heterocycles.